The van der Waals surface area contributed by atoms with Crippen molar-refractivity contribution < 1.29 is 24.1 Å². The van der Waals surface area contributed by atoms with Crippen molar-refractivity contribution in [1.29, 1.82) is 0 Å². The zero-order chi connectivity index (χ0) is 25.7. The van der Waals surface area contributed by atoms with E-state index in [2.05, 4.69) is 40.2 Å². The Balaban J connectivity index is 1.54. The van der Waals surface area contributed by atoms with Gasteiger partial charge in [-0.3, -0.25) is 0 Å². The lowest BCUT2D eigenvalue weighted by Crippen LogP contribution is -2.34. The third kappa shape index (κ3) is 3.79. The number of carboxylic acid groups (broad SMARTS) is 1. The van der Waals surface area contributed by atoms with Gasteiger partial charge in [0.25, 0.3) is 0 Å². The number of ether oxygens (including phenoxy) is 3. The molecule has 0 aromatic heterocycles. The van der Waals surface area contributed by atoms with Crippen LogP contribution in [0, 0.1) is 0 Å². The van der Waals surface area contributed by atoms with E-state index in [-0.39, 0.29) is 17.4 Å². The van der Waals surface area contributed by atoms with E-state index in [4.69, 9.17) is 19.3 Å². The number of hydrogen-bond acceptors (Lipinski definition) is 6. The van der Waals surface area contributed by atoms with Crippen molar-refractivity contribution in [2.75, 3.05) is 14.2 Å². The number of halogens is 1. The van der Waals surface area contributed by atoms with E-state index in [9.17, 15) is 9.90 Å². The second kappa shape index (κ2) is 9.12. The van der Waals surface area contributed by atoms with Gasteiger partial charge in [-0.2, -0.15) is 5.10 Å². The van der Waals surface area contributed by atoms with Crippen LogP contribution in [-0.2, 0) is 0 Å². The highest BCUT2D eigenvalue weighted by atomic mass is 79.9. The van der Waals surface area contributed by atoms with E-state index in [1.165, 1.54) is 14.2 Å². The van der Waals surface area contributed by atoms with Gasteiger partial charge in [0.15, 0.2) is 11.5 Å². The number of fused-ring (bicyclic) bond motifs is 4. The molecule has 2 aliphatic rings. The smallest absolute Gasteiger partial charge is 0.340 e. The lowest BCUT2D eigenvalue weighted by molar-refractivity contribution is -0.0199. The number of hydrazone groups is 1. The van der Waals surface area contributed by atoms with Crippen LogP contribution in [0.15, 0.2) is 82.4 Å². The van der Waals surface area contributed by atoms with E-state index in [1.54, 1.807) is 12.1 Å². The van der Waals surface area contributed by atoms with Crippen LogP contribution in [0.1, 0.15) is 45.7 Å². The Bertz CT molecular complexity index is 1580. The van der Waals surface area contributed by atoms with Crippen molar-refractivity contribution >= 4 is 38.4 Å². The van der Waals surface area contributed by atoms with Crippen LogP contribution in [0.4, 0.5) is 0 Å². The molecule has 4 aromatic carbocycles. The Morgan fingerprint density at radius 3 is 2.62 bits per heavy atom. The topological polar surface area (TPSA) is 80.6 Å². The molecule has 1 N–H and O–H groups in total. The van der Waals surface area contributed by atoms with E-state index in [1.807, 2.05) is 41.4 Å². The van der Waals surface area contributed by atoms with Gasteiger partial charge in [-0.1, -0.05) is 58.4 Å². The largest absolute Gasteiger partial charge is 0.493 e. The Morgan fingerprint density at radius 1 is 1.03 bits per heavy atom. The molecule has 7 nitrogen and oxygen atoms in total. The van der Waals surface area contributed by atoms with Crippen molar-refractivity contribution in [2.45, 2.75) is 18.7 Å². The standard InChI is InChI=1S/C29H23BrN2O5/c1-35-25-13-11-20(26(29(33)34)27(25)36-2)28-32-23(21-14-17(30)10-12-24(21)37-28)15-22(31-32)19-9-5-7-16-6-3-4-8-18(16)19/h3-14,23,28H,15H2,1-2H3,(H,33,34)/t23-,28-/m1/s1. The number of carboxylic acids is 1. The molecule has 8 heteroatoms. The molecule has 2 aliphatic heterocycles. The Morgan fingerprint density at radius 2 is 1.84 bits per heavy atom. The highest BCUT2D eigenvalue weighted by molar-refractivity contribution is 9.10. The summed E-state index contributed by atoms with van der Waals surface area (Å²) < 4.78 is 18.2. The minimum atomic E-state index is -1.13. The zero-order valence-corrected chi connectivity index (χ0v) is 21.7. The van der Waals surface area contributed by atoms with Crippen LogP contribution in [0.5, 0.6) is 17.2 Å². The normalized spacial score (nSPS) is 18.0. The molecule has 0 amide bonds. The Hall–Kier alpha value is -4.04. The van der Waals surface area contributed by atoms with Crippen molar-refractivity contribution in [2.24, 2.45) is 5.10 Å². The monoisotopic (exact) mass is 558 g/mol. The molecule has 0 spiro atoms. The quantitative estimate of drug-likeness (QED) is 0.298. The number of carbonyl (C=O) groups is 1. The van der Waals surface area contributed by atoms with Crippen LogP contribution < -0.4 is 14.2 Å². The first-order valence-corrected chi connectivity index (χ1v) is 12.6. The molecule has 0 radical (unpaired) electrons. The molecular formula is C29H23BrN2O5. The molecule has 0 unspecified atom stereocenters. The summed E-state index contributed by atoms with van der Waals surface area (Å²) in [5.41, 5.74) is 3.38. The highest BCUT2D eigenvalue weighted by Crippen LogP contribution is 2.50. The zero-order valence-electron chi connectivity index (χ0n) is 20.1. The number of methoxy groups -OCH3 is 2. The molecule has 186 valence electrons. The second-order valence-electron chi connectivity index (χ2n) is 8.90. The van der Waals surface area contributed by atoms with Gasteiger partial charge < -0.3 is 19.3 Å². The first-order valence-electron chi connectivity index (χ1n) is 11.8. The maximum Gasteiger partial charge on any atom is 0.340 e. The van der Waals surface area contributed by atoms with Gasteiger partial charge in [-0.15, -0.1) is 0 Å². The van der Waals surface area contributed by atoms with Gasteiger partial charge in [0.2, 0.25) is 6.23 Å². The summed E-state index contributed by atoms with van der Waals surface area (Å²) in [6.45, 7) is 0. The summed E-state index contributed by atoms with van der Waals surface area (Å²) in [5, 5.41) is 19.4. The number of hydrogen-bond donors (Lipinski definition) is 1. The van der Waals surface area contributed by atoms with Crippen molar-refractivity contribution in [3.05, 3.63) is 99.5 Å². The summed E-state index contributed by atoms with van der Waals surface area (Å²) >= 11 is 3.59. The fourth-order valence-electron chi connectivity index (χ4n) is 5.27. The maximum absolute atomic E-state index is 12.5. The van der Waals surface area contributed by atoms with Crippen molar-refractivity contribution in [1.82, 2.24) is 5.01 Å². The van der Waals surface area contributed by atoms with Crippen molar-refractivity contribution in [3.8, 4) is 17.2 Å². The number of aromatic carboxylic acids is 1. The van der Waals surface area contributed by atoms with E-state index in [0.29, 0.717) is 23.5 Å². The van der Waals surface area contributed by atoms with E-state index >= 15 is 0 Å². The van der Waals surface area contributed by atoms with Gasteiger partial charge in [0.05, 0.1) is 26.0 Å². The summed E-state index contributed by atoms with van der Waals surface area (Å²) in [4.78, 5) is 12.5. The molecule has 0 bridgehead atoms. The summed E-state index contributed by atoms with van der Waals surface area (Å²) in [6.07, 6.45) is -0.135. The van der Waals surface area contributed by atoms with Gasteiger partial charge in [-0.25, -0.2) is 9.80 Å². The molecule has 0 fully saturated rings. The predicted molar refractivity (Wildman–Crippen MR) is 144 cm³/mol. The molecule has 37 heavy (non-hydrogen) atoms. The Labute approximate surface area is 222 Å². The molecule has 4 aromatic rings. The number of rotatable bonds is 5. The summed E-state index contributed by atoms with van der Waals surface area (Å²) in [6, 6.07) is 23.6. The van der Waals surface area contributed by atoms with E-state index < -0.39 is 12.2 Å². The van der Waals surface area contributed by atoms with Crippen LogP contribution in [0.3, 0.4) is 0 Å². The fourth-order valence-corrected chi connectivity index (χ4v) is 5.65. The lowest BCUT2D eigenvalue weighted by atomic mass is 9.93. The third-order valence-corrected chi connectivity index (χ3v) is 7.40. The molecular weight excluding hydrogens is 536 g/mol. The number of nitrogens with zero attached hydrogens (tertiary/aromatic N) is 2. The van der Waals surface area contributed by atoms with Gasteiger partial charge in [-0.05, 0) is 41.1 Å². The second-order valence-corrected chi connectivity index (χ2v) is 9.81. The van der Waals surface area contributed by atoms with Gasteiger partial charge in [0, 0.05) is 27.6 Å². The SMILES string of the molecule is COc1ccc([C@H]2Oc3ccc(Br)cc3[C@H]3CC(c4cccc5ccccc45)=NN32)c(C(=O)O)c1OC. The van der Waals surface area contributed by atoms with Gasteiger partial charge in [0.1, 0.15) is 11.3 Å². The van der Waals surface area contributed by atoms with Crippen LogP contribution in [0.2, 0.25) is 0 Å². The maximum atomic E-state index is 12.5. The molecule has 0 saturated heterocycles. The molecule has 0 saturated carbocycles. The number of benzene rings is 4. The Kier molecular flexibility index (Phi) is 5.76. The average molecular weight is 559 g/mol. The molecule has 6 rings (SSSR count). The minimum Gasteiger partial charge on any atom is -0.493 e. The molecule has 2 atom stereocenters. The predicted octanol–water partition coefficient (Wildman–Crippen LogP) is 6.56. The van der Waals surface area contributed by atoms with Crippen LogP contribution in [-0.4, -0.2) is 36.0 Å². The minimum absolute atomic E-state index is 0.0139. The van der Waals surface area contributed by atoms with Crippen LogP contribution >= 0.6 is 15.9 Å². The lowest BCUT2D eigenvalue weighted by Gasteiger charge is -2.38. The summed E-state index contributed by atoms with van der Waals surface area (Å²) in [7, 11) is 2.91. The third-order valence-electron chi connectivity index (χ3n) is 6.91. The van der Waals surface area contributed by atoms with Gasteiger partial charge >= 0.3 is 5.97 Å². The molecule has 0 aliphatic carbocycles. The molecule has 2 heterocycles. The highest BCUT2D eigenvalue weighted by Gasteiger charge is 2.43. The fraction of sp³-hybridized carbons (Fsp3) is 0.172. The van der Waals surface area contributed by atoms with E-state index in [0.717, 1.165) is 32.1 Å². The van der Waals surface area contributed by atoms with Crippen LogP contribution in [0.25, 0.3) is 10.8 Å². The first-order chi connectivity index (χ1) is 18.0. The average Bonchev–Trinajstić information content (AvgIpc) is 3.37. The van der Waals surface area contributed by atoms with Crippen molar-refractivity contribution in [3.63, 3.8) is 0 Å². The first kappa shape index (κ1) is 23.4. The summed E-state index contributed by atoms with van der Waals surface area (Å²) in [5.74, 6) is 0.0355.